The second kappa shape index (κ2) is 13.8. The van der Waals surface area contributed by atoms with Crippen LogP contribution in [-0.2, 0) is 9.47 Å². The fourth-order valence-electron chi connectivity index (χ4n) is 2.00. The van der Waals surface area contributed by atoms with Crippen LogP contribution in [0.25, 0.3) is 0 Å². The zero-order valence-electron chi connectivity index (χ0n) is 14.5. The van der Waals surface area contributed by atoms with Gasteiger partial charge < -0.3 is 14.0 Å². The fourth-order valence-corrected chi connectivity index (χ4v) is 2.00. The Labute approximate surface area is 127 Å². The average Bonchev–Trinajstić information content (AvgIpc) is 2.38. The molecule has 0 rings (SSSR count). The third kappa shape index (κ3) is 17.9. The summed E-state index contributed by atoms with van der Waals surface area (Å²) in [4.78, 5) is 0. The van der Waals surface area contributed by atoms with Gasteiger partial charge in [0, 0.05) is 26.4 Å². The quantitative estimate of drug-likeness (QED) is 0.336. The SMILES string of the molecule is CCCCOCCCCCOCCCCC[N+](C)(C)C. The van der Waals surface area contributed by atoms with Crippen molar-refractivity contribution in [3.63, 3.8) is 0 Å². The Balaban J connectivity index is 2.99. The van der Waals surface area contributed by atoms with Crippen molar-refractivity contribution in [2.24, 2.45) is 0 Å². The summed E-state index contributed by atoms with van der Waals surface area (Å²) >= 11 is 0. The van der Waals surface area contributed by atoms with Gasteiger partial charge in [0.25, 0.3) is 0 Å². The molecule has 0 saturated carbocycles. The van der Waals surface area contributed by atoms with Crippen molar-refractivity contribution in [3.05, 3.63) is 0 Å². The predicted molar refractivity (Wildman–Crippen MR) is 87.1 cm³/mol. The maximum absolute atomic E-state index is 5.67. The highest BCUT2D eigenvalue weighted by atomic mass is 16.5. The minimum Gasteiger partial charge on any atom is -0.381 e. The standard InChI is InChI=1S/C17H38NO2/c1-5-6-14-19-16-11-8-12-17-20-15-10-7-9-13-18(2,3)4/h5-17H2,1-4H3/q+1. The lowest BCUT2D eigenvalue weighted by Gasteiger charge is -2.23. The molecular formula is C17H38NO2+. The van der Waals surface area contributed by atoms with Crippen LogP contribution < -0.4 is 0 Å². The van der Waals surface area contributed by atoms with E-state index in [4.69, 9.17) is 9.47 Å². The molecule has 3 heteroatoms. The number of rotatable bonds is 15. The molecule has 0 fully saturated rings. The molecule has 122 valence electrons. The minimum atomic E-state index is 0.921. The van der Waals surface area contributed by atoms with Crippen LogP contribution >= 0.6 is 0 Å². The van der Waals surface area contributed by atoms with E-state index in [1.165, 1.54) is 57.9 Å². The Bertz CT molecular complexity index is 190. The largest absolute Gasteiger partial charge is 0.381 e. The Morgan fingerprint density at radius 1 is 0.600 bits per heavy atom. The molecule has 3 nitrogen and oxygen atoms in total. The summed E-state index contributed by atoms with van der Waals surface area (Å²) in [5.41, 5.74) is 0. The second-order valence-electron chi connectivity index (χ2n) is 6.71. The van der Waals surface area contributed by atoms with Crippen LogP contribution in [0.2, 0.25) is 0 Å². The Hall–Kier alpha value is -0.120. The summed E-state index contributed by atoms with van der Waals surface area (Å²) in [6, 6.07) is 0. The van der Waals surface area contributed by atoms with Crippen LogP contribution in [0.1, 0.15) is 58.3 Å². The number of quaternary nitrogens is 1. The van der Waals surface area contributed by atoms with Gasteiger partial charge in [-0.3, -0.25) is 0 Å². The first kappa shape index (κ1) is 19.9. The summed E-state index contributed by atoms with van der Waals surface area (Å²) in [5, 5.41) is 0. The summed E-state index contributed by atoms with van der Waals surface area (Å²) in [6.07, 6.45) is 9.81. The van der Waals surface area contributed by atoms with Gasteiger partial charge in [-0.05, 0) is 44.9 Å². The summed E-state index contributed by atoms with van der Waals surface area (Å²) < 4.78 is 12.3. The van der Waals surface area contributed by atoms with Gasteiger partial charge in [0.1, 0.15) is 0 Å². The molecular weight excluding hydrogens is 250 g/mol. The van der Waals surface area contributed by atoms with Crippen molar-refractivity contribution in [1.29, 1.82) is 0 Å². The fraction of sp³-hybridized carbons (Fsp3) is 1.00. The first-order valence-electron chi connectivity index (χ1n) is 8.52. The molecule has 0 aliphatic heterocycles. The first-order chi connectivity index (χ1) is 9.56. The zero-order valence-corrected chi connectivity index (χ0v) is 14.5. The van der Waals surface area contributed by atoms with Crippen molar-refractivity contribution in [2.45, 2.75) is 58.3 Å². The van der Waals surface area contributed by atoms with Gasteiger partial charge in [-0.2, -0.15) is 0 Å². The molecule has 0 radical (unpaired) electrons. The van der Waals surface area contributed by atoms with E-state index in [1.54, 1.807) is 0 Å². The predicted octanol–water partition coefficient (Wildman–Crippen LogP) is 3.87. The molecule has 0 bridgehead atoms. The van der Waals surface area contributed by atoms with Gasteiger partial charge in [0.2, 0.25) is 0 Å². The van der Waals surface area contributed by atoms with Crippen LogP contribution in [0.4, 0.5) is 0 Å². The highest BCUT2D eigenvalue weighted by Crippen LogP contribution is 2.02. The van der Waals surface area contributed by atoms with E-state index in [0.29, 0.717) is 0 Å². The minimum absolute atomic E-state index is 0.921. The number of hydrogen-bond acceptors (Lipinski definition) is 2. The van der Waals surface area contributed by atoms with Gasteiger partial charge in [-0.25, -0.2) is 0 Å². The molecule has 0 saturated heterocycles. The van der Waals surface area contributed by atoms with Crippen molar-refractivity contribution < 1.29 is 14.0 Å². The number of ether oxygens (including phenoxy) is 2. The Morgan fingerprint density at radius 3 is 1.50 bits per heavy atom. The van der Waals surface area contributed by atoms with Crippen LogP contribution in [0.3, 0.4) is 0 Å². The molecule has 20 heavy (non-hydrogen) atoms. The van der Waals surface area contributed by atoms with Crippen LogP contribution in [0, 0.1) is 0 Å². The Morgan fingerprint density at radius 2 is 1.05 bits per heavy atom. The topological polar surface area (TPSA) is 18.5 Å². The highest BCUT2D eigenvalue weighted by Gasteiger charge is 2.04. The van der Waals surface area contributed by atoms with Crippen molar-refractivity contribution in [2.75, 3.05) is 54.1 Å². The molecule has 0 aliphatic rings. The molecule has 0 N–H and O–H groups in total. The molecule has 0 unspecified atom stereocenters. The molecule has 0 atom stereocenters. The molecule has 0 aromatic carbocycles. The monoisotopic (exact) mass is 288 g/mol. The molecule has 0 amide bonds. The number of hydrogen-bond donors (Lipinski definition) is 0. The van der Waals surface area contributed by atoms with E-state index in [-0.39, 0.29) is 0 Å². The van der Waals surface area contributed by atoms with Crippen LogP contribution in [-0.4, -0.2) is 58.6 Å². The lowest BCUT2D eigenvalue weighted by molar-refractivity contribution is -0.870. The van der Waals surface area contributed by atoms with E-state index >= 15 is 0 Å². The first-order valence-corrected chi connectivity index (χ1v) is 8.52. The van der Waals surface area contributed by atoms with Crippen molar-refractivity contribution in [3.8, 4) is 0 Å². The summed E-state index contributed by atoms with van der Waals surface area (Å²) in [5.74, 6) is 0. The summed E-state index contributed by atoms with van der Waals surface area (Å²) in [7, 11) is 6.76. The van der Waals surface area contributed by atoms with Crippen LogP contribution in [0.15, 0.2) is 0 Å². The lowest BCUT2D eigenvalue weighted by atomic mass is 10.2. The third-order valence-corrected chi connectivity index (χ3v) is 3.34. The number of nitrogens with zero attached hydrogens (tertiary/aromatic N) is 1. The van der Waals surface area contributed by atoms with Gasteiger partial charge in [-0.15, -0.1) is 0 Å². The Kier molecular flexibility index (Phi) is 13.8. The average molecular weight is 288 g/mol. The van der Waals surface area contributed by atoms with Gasteiger partial charge in [-0.1, -0.05) is 13.3 Å². The molecule has 0 aliphatic carbocycles. The molecule has 0 spiro atoms. The lowest BCUT2D eigenvalue weighted by Crippen LogP contribution is -2.35. The molecule has 0 heterocycles. The maximum atomic E-state index is 5.67. The van der Waals surface area contributed by atoms with Crippen molar-refractivity contribution >= 4 is 0 Å². The van der Waals surface area contributed by atoms with E-state index in [0.717, 1.165) is 30.9 Å². The van der Waals surface area contributed by atoms with E-state index in [9.17, 15) is 0 Å². The normalized spacial score (nSPS) is 12.0. The second-order valence-corrected chi connectivity index (χ2v) is 6.71. The maximum Gasteiger partial charge on any atom is 0.0780 e. The summed E-state index contributed by atoms with van der Waals surface area (Å²) in [6.45, 7) is 7.17. The smallest absolute Gasteiger partial charge is 0.0780 e. The zero-order chi connectivity index (χ0) is 15.1. The highest BCUT2D eigenvalue weighted by molar-refractivity contribution is 4.44. The third-order valence-electron chi connectivity index (χ3n) is 3.34. The van der Waals surface area contributed by atoms with Crippen LogP contribution in [0.5, 0.6) is 0 Å². The van der Waals surface area contributed by atoms with Gasteiger partial charge in [0.05, 0.1) is 27.7 Å². The van der Waals surface area contributed by atoms with Crippen molar-refractivity contribution in [1.82, 2.24) is 0 Å². The van der Waals surface area contributed by atoms with E-state index in [2.05, 4.69) is 28.1 Å². The molecule has 0 aromatic rings. The van der Waals surface area contributed by atoms with E-state index < -0.39 is 0 Å². The number of unbranched alkanes of at least 4 members (excludes halogenated alkanes) is 5. The van der Waals surface area contributed by atoms with E-state index in [1.807, 2.05) is 0 Å². The van der Waals surface area contributed by atoms with Gasteiger partial charge >= 0.3 is 0 Å². The van der Waals surface area contributed by atoms with Gasteiger partial charge in [0.15, 0.2) is 0 Å². The molecule has 0 aromatic heterocycles.